The molecule has 0 radical (unpaired) electrons. The van der Waals surface area contributed by atoms with E-state index in [9.17, 15) is 9.59 Å². The second-order valence-electron chi connectivity index (χ2n) is 8.53. The summed E-state index contributed by atoms with van der Waals surface area (Å²) in [5.41, 5.74) is 3.20. The number of benzene rings is 4. The first-order valence-corrected chi connectivity index (χ1v) is 11.5. The second kappa shape index (κ2) is 9.96. The van der Waals surface area contributed by atoms with Gasteiger partial charge < -0.3 is 0 Å². The summed E-state index contributed by atoms with van der Waals surface area (Å²) >= 11 is 0. The molecule has 1 heterocycles. The minimum absolute atomic E-state index is 0.00602. The summed E-state index contributed by atoms with van der Waals surface area (Å²) in [7, 11) is 0. The second-order valence-corrected chi connectivity index (χ2v) is 8.53. The molecule has 0 aliphatic carbocycles. The van der Waals surface area contributed by atoms with Crippen LogP contribution in [0.25, 0.3) is 0 Å². The molecule has 0 bridgehead atoms. The Morgan fingerprint density at radius 1 is 0.441 bits per heavy atom. The lowest BCUT2D eigenvalue weighted by molar-refractivity contribution is 0.0771. The summed E-state index contributed by atoms with van der Waals surface area (Å²) < 4.78 is 0. The van der Waals surface area contributed by atoms with Gasteiger partial charge in [-0.3, -0.25) is 20.2 Å². The number of carbonyl (C=O) groups excluding carboxylic acids is 2. The third-order valence-corrected chi connectivity index (χ3v) is 6.38. The number of ketones is 2. The van der Waals surface area contributed by atoms with E-state index in [1.165, 1.54) is 0 Å². The Labute approximate surface area is 199 Å². The molecule has 4 heteroatoms. The van der Waals surface area contributed by atoms with Crippen molar-refractivity contribution >= 4 is 11.6 Å². The molecule has 4 aromatic rings. The number of carbonyl (C=O) groups is 2. The van der Waals surface area contributed by atoms with E-state index < -0.39 is 12.1 Å². The number of Topliss-reactive ketones (excluding diaryl/α,β-unsaturated/α-hetero) is 2. The van der Waals surface area contributed by atoms with Crippen molar-refractivity contribution in [1.82, 2.24) is 10.6 Å². The van der Waals surface area contributed by atoms with Gasteiger partial charge in [-0.05, 0) is 11.1 Å². The summed E-state index contributed by atoms with van der Waals surface area (Å²) in [6.45, 7) is 0. The Morgan fingerprint density at radius 2 is 0.735 bits per heavy atom. The standard InChI is InChI=1S/C30H26N2O2/c33-29(23-17-9-3-10-18-23)27-25(21-13-5-1-6-14-21)31-28(30(34)24-19-11-4-12-20-24)26(32-27)22-15-7-2-8-16-22/h1-20,25-28,31-32H. The number of hydrogen-bond acceptors (Lipinski definition) is 4. The highest BCUT2D eigenvalue weighted by Crippen LogP contribution is 2.32. The minimum Gasteiger partial charge on any atom is -0.297 e. The highest BCUT2D eigenvalue weighted by molar-refractivity contribution is 6.03. The average molecular weight is 447 g/mol. The highest BCUT2D eigenvalue weighted by Gasteiger charge is 2.43. The van der Waals surface area contributed by atoms with Gasteiger partial charge in [0.05, 0.1) is 24.2 Å². The molecule has 1 fully saturated rings. The van der Waals surface area contributed by atoms with Crippen molar-refractivity contribution in [3.8, 4) is 0 Å². The predicted octanol–water partition coefficient (Wildman–Crippen LogP) is 5.16. The van der Waals surface area contributed by atoms with Gasteiger partial charge in [0.1, 0.15) is 0 Å². The van der Waals surface area contributed by atoms with Crippen LogP contribution in [-0.2, 0) is 0 Å². The van der Waals surface area contributed by atoms with Crippen LogP contribution in [0, 0.1) is 0 Å². The van der Waals surface area contributed by atoms with Gasteiger partial charge in [0.2, 0.25) is 0 Å². The lowest BCUT2D eigenvalue weighted by Gasteiger charge is -2.43. The Hall–Kier alpha value is -3.86. The number of nitrogens with one attached hydrogen (secondary N) is 2. The van der Waals surface area contributed by atoms with Crippen molar-refractivity contribution in [2.45, 2.75) is 24.2 Å². The van der Waals surface area contributed by atoms with Crippen LogP contribution in [0.3, 0.4) is 0 Å². The molecular formula is C30H26N2O2. The zero-order chi connectivity index (χ0) is 23.3. The van der Waals surface area contributed by atoms with Crippen LogP contribution in [0.2, 0.25) is 0 Å². The van der Waals surface area contributed by atoms with Crippen molar-refractivity contribution in [2.75, 3.05) is 0 Å². The van der Waals surface area contributed by atoms with E-state index >= 15 is 0 Å². The lowest BCUT2D eigenvalue weighted by atomic mass is 9.83. The number of piperazine rings is 1. The number of hydrogen-bond donors (Lipinski definition) is 2. The van der Waals surface area contributed by atoms with E-state index in [4.69, 9.17) is 0 Å². The largest absolute Gasteiger partial charge is 0.297 e. The topological polar surface area (TPSA) is 58.2 Å². The zero-order valence-corrected chi connectivity index (χ0v) is 18.7. The van der Waals surface area contributed by atoms with Crippen molar-refractivity contribution < 1.29 is 9.59 Å². The minimum atomic E-state index is -0.546. The monoisotopic (exact) mass is 446 g/mol. The molecule has 5 rings (SSSR count). The van der Waals surface area contributed by atoms with E-state index in [1.54, 1.807) is 0 Å². The Balaban J connectivity index is 1.59. The molecule has 1 aliphatic rings. The summed E-state index contributed by atoms with van der Waals surface area (Å²) in [5, 5.41) is 7.17. The van der Waals surface area contributed by atoms with Gasteiger partial charge in [-0.1, -0.05) is 121 Å². The molecule has 1 saturated heterocycles. The predicted molar refractivity (Wildman–Crippen MR) is 134 cm³/mol. The van der Waals surface area contributed by atoms with Crippen LogP contribution < -0.4 is 10.6 Å². The molecule has 0 amide bonds. The summed E-state index contributed by atoms with van der Waals surface area (Å²) in [6, 6.07) is 36.5. The SMILES string of the molecule is O=C(c1ccccc1)C1NC(c2ccccc2)C(C(=O)c2ccccc2)NC1c1ccccc1. The van der Waals surface area contributed by atoms with E-state index in [2.05, 4.69) is 10.6 Å². The fourth-order valence-electron chi connectivity index (χ4n) is 4.69. The zero-order valence-electron chi connectivity index (χ0n) is 18.7. The van der Waals surface area contributed by atoms with Crippen molar-refractivity contribution in [3.05, 3.63) is 144 Å². The van der Waals surface area contributed by atoms with E-state index in [1.807, 2.05) is 121 Å². The van der Waals surface area contributed by atoms with Gasteiger partial charge in [-0.25, -0.2) is 0 Å². The molecule has 4 unspecified atom stereocenters. The maximum Gasteiger partial charge on any atom is 0.181 e. The van der Waals surface area contributed by atoms with Crippen LogP contribution in [-0.4, -0.2) is 23.7 Å². The van der Waals surface area contributed by atoms with Gasteiger partial charge in [0, 0.05) is 11.1 Å². The molecule has 34 heavy (non-hydrogen) atoms. The van der Waals surface area contributed by atoms with Crippen LogP contribution in [0.4, 0.5) is 0 Å². The molecular weight excluding hydrogens is 420 g/mol. The quantitative estimate of drug-likeness (QED) is 0.402. The Morgan fingerprint density at radius 3 is 1.06 bits per heavy atom. The van der Waals surface area contributed by atoms with E-state index in [0.29, 0.717) is 11.1 Å². The van der Waals surface area contributed by atoms with Crippen LogP contribution in [0.5, 0.6) is 0 Å². The summed E-state index contributed by atoms with van der Waals surface area (Å²) in [5.74, 6) is -0.0120. The van der Waals surface area contributed by atoms with E-state index in [-0.39, 0.29) is 23.7 Å². The Kier molecular flexibility index (Phi) is 6.43. The smallest absolute Gasteiger partial charge is 0.181 e. The molecule has 2 N–H and O–H groups in total. The van der Waals surface area contributed by atoms with Gasteiger partial charge in [0.15, 0.2) is 11.6 Å². The van der Waals surface area contributed by atoms with Gasteiger partial charge >= 0.3 is 0 Å². The first kappa shape index (κ1) is 22.0. The van der Waals surface area contributed by atoms with Crippen molar-refractivity contribution in [1.29, 1.82) is 0 Å². The highest BCUT2D eigenvalue weighted by atomic mass is 16.1. The fraction of sp³-hybridized carbons (Fsp3) is 0.133. The molecule has 0 saturated carbocycles. The first-order chi connectivity index (χ1) is 16.7. The van der Waals surface area contributed by atoms with Crippen molar-refractivity contribution in [2.24, 2.45) is 0 Å². The van der Waals surface area contributed by atoms with Gasteiger partial charge in [-0.2, -0.15) is 0 Å². The number of rotatable bonds is 6. The molecule has 4 atom stereocenters. The molecule has 4 nitrogen and oxygen atoms in total. The van der Waals surface area contributed by atoms with Crippen molar-refractivity contribution in [3.63, 3.8) is 0 Å². The average Bonchev–Trinajstić information content (AvgIpc) is 2.93. The molecule has 4 aromatic carbocycles. The maximum absolute atomic E-state index is 13.7. The van der Waals surface area contributed by atoms with Gasteiger partial charge in [-0.15, -0.1) is 0 Å². The van der Waals surface area contributed by atoms with E-state index in [0.717, 1.165) is 11.1 Å². The van der Waals surface area contributed by atoms with Crippen LogP contribution >= 0.6 is 0 Å². The molecule has 0 spiro atoms. The van der Waals surface area contributed by atoms with Gasteiger partial charge in [0.25, 0.3) is 0 Å². The maximum atomic E-state index is 13.7. The summed E-state index contributed by atoms with van der Waals surface area (Å²) in [4.78, 5) is 27.4. The molecule has 0 aromatic heterocycles. The fourth-order valence-corrected chi connectivity index (χ4v) is 4.69. The summed E-state index contributed by atoms with van der Waals surface area (Å²) in [6.07, 6.45) is 0. The normalized spacial score (nSPS) is 22.1. The third-order valence-electron chi connectivity index (χ3n) is 6.38. The third kappa shape index (κ3) is 4.46. The van der Waals surface area contributed by atoms with Crippen LogP contribution in [0.15, 0.2) is 121 Å². The molecule has 168 valence electrons. The lowest BCUT2D eigenvalue weighted by Crippen LogP contribution is -2.62. The van der Waals surface area contributed by atoms with Crippen LogP contribution in [0.1, 0.15) is 43.9 Å². The first-order valence-electron chi connectivity index (χ1n) is 11.5. The molecule has 1 aliphatic heterocycles. The Bertz CT molecular complexity index is 1140.